The molecule has 4 nitrogen and oxygen atoms in total. The molecule has 2 heterocycles. The molecule has 1 fully saturated rings. The van der Waals surface area contributed by atoms with Crippen molar-refractivity contribution in [2.24, 2.45) is 0 Å². The highest BCUT2D eigenvalue weighted by Crippen LogP contribution is 2.20. The summed E-state index contributed by atoms with van der Waals surface area (Å²) < 4.78 is 0. The van der Waals surface area contributed by atoms with Crippen LogP contribution in [0.4, 0.5) is 11.5 Å². The molecule has 1 unspecified atom stereocenters. The molecular weight excluding hydrogens is 212 g/mol. The molecule has 0 aliphatic carbocycles. The number of nitrogens with two attached hydrogens (primary N) is 1. The van der Waals surface area contributed by atoms with Crippen molar-refractivity contribution in [3.63, 3.8) is 0 Å². The molecule has 0 aromatic carbocycles. The van der Waals surface area contributed by atoms with Crippen LogP contribution in [0.15, 0.2) is 18.3 Å². The van der Waals surface area contributed by atoms with Gasteiger partial charge in [0.05, 0.1) is 11.9 Å². The molecule has 1 saturated heterocycles. The van der Waals surface area contributed by atoms with E-state index in [1.807, 2.05) is 18.3 Å². The molecule has 0 amide bonds. The normalized spacial score (nSPS) is 20.7. The summed E-state index contributed by atoms with van der Waals surface area (Å²) in [5.74, 6) is 0.582. The maximum atomic E-state index is 5.60. The molecule has 0 spiro atoms. The summed E-state index contributed by atoms with van der Waals surface area (Å²) >= 11 is 0. The number of likely N-dealkylation sites (N-methyl/N-ethyl adjacent to an activating group) is 2. The fourth-order valence-corrected chi connectivity index (χ4v) is 2.56. The van der Waals surface area contributed by atoms with Gasteiger partial charge in [-0.3, -0.25) is 4.90 Å². The molecule has 4 heteroatoms. The summed E-state index contributed by atoms with van der Waals surface area (Å²) in [7, 11) is 2.12. The first kappa shape index (κ1) is 12.2. The van der Waals surface area contributed by atoms with Crippen LogP contribution in [0, 0.1) is 0 Å². The van der Waals surface area contributed by atoms with Gasteiger partial charge in [0.25, 0.3) is 0 Å². The van der Waals surface area contributed by atoms with E-state index in [1.165, 1.54) is 19.4 Å². The summed E-state index contributed by atoms with van der Waals surface area (Å²) in [4.78, 5) is 8.96. The van der Waals surface area contributed by atoms with Gasteiger partial charge >= 0.3 is 0 Å². The number of pyridine rings is 1. The zero-order chi connectivity index (χ0) is 12.3. The monoisotopic (exact) mass is 234 g/mol. The average Bonchev–Trinajstić information content (AvgIpc) is 2.77. The molecule has 2 rings (SSSR count). The Kier molecular flexibility index (Phi) is 3.84. The molecule has 17 heavy (non-hydrogen) atoms. The number of nitrogens with zero attached hydrogens (tertiary/aromatic N) is 3. The Morgan fingerprint density at radius 3 is 3.00 bits per heavy atom. The lowest BCUT2D eigenvalue weighted by molar-refractivity contribution is 0.270. The summed E-state index contributed by atoms with van der Waals surface area (Å²) in [5.41, 5.74) is 6.74. The number of hydrogen-bond acceptors (Lipinski definition) is 4. The first-order valence-electron chi connectivity index (χ1n) is 6.37. The second-order valence-electron chi connectivity index (χ2n) is 4.75. The summed E-state index contributed by atoms with van der Waals surface area (Å²) in [6.45, 7) is 5.70. The number of hydrogen-bond donors (Lipinski definition) is 1. The topological polar surface area (TPSA) is 45.4 Å². The highest BCUT2D eigenvalue weighted by molar-refractivity contribution is 5.47. The Morgan fingerprint density at radius 1 is 1.53 bits per heavy atom. The van der Waals surface area contributed by atoms with Gasteiger partial charge in [0.15, 0.2) is 0 Å². The predicted octanol–water partition coefficient (Wildman–Crippen LogP) is 1.58. The lowest BCUT2D eigenvalue weighted by atomic mass is 10.2. The molecule has 94 valence electrons. The van der Waals surface area contributed by atoms with Crippen molar-refractivity contribution in [1.82, 2.24) is 9.88 Å². The van der Waals surface area contributed by atoms with E-state index >= 15 is 0 Å². The number of likely N-dealkylation sites (tertiary alicyclic amines) is 1. The second kappa shape index (κ2) is 5.36. The van der Waals surface area contributed by atoms with Crippen molar-refractivity contribution in [3.05, 3.63) is 18.3 Å². The average molecular weight is 234 g/mol. The Morgan fingerprint density at radius 2 is 2.35 bits per heavy atom. The van der Waals surface area contributed by atoms with Gasteiger partial charge in [0, 0.05) is 19.6 Å². The zero-order valence-electron chi connectivity index (χ0n) is 10.8. The molecule has 0 radical (unpaired) electrons. The van der Waals surface area contributed by atoms with E-state index in [9.17, 15) is 0 Å². The molecule has 1 aliphatic rings. The zero-order valence-corrected chi connectivity index (χ0v) is 10.8. The van der Waals surface area contributed by atoms with Crippen LogP contribution >= 0.6 is 0 Å². The minimum absolute atomic E-state index is 0.582. The van der Waals surface area contributed by atoms with Gasteiger partial charge in [-0.2, -0.15) is 0 Å². The van der Waals surface area contributed by atoms with Crippen LogP contribution in [0.3, 0.4) is 0 Å². The lowest BCUT2D eigenvalue weighted by Crippen LogP contribution is -2.38. The van der Waals surface area contributed by atoms with Crippen LogP contribution in [0.5, 0.6) is 0 Å². The van der Waals surface area contributed by atoms with E-state index in [4.69, 9.17) is 5.73 Å². The van der Waals surface area contributed by atoms with Crippen molar-refractivity contribution >= 4 is 11.5 Å². The molecule has 0 saturated carbocycles. The largest absolute Gasteiger partial charge is 0.384 e. The Hall–Kier alpha value is -1.29. The first-order valence-corrected chi connectivity index (χ1v) is 6.37. The number of anilines is 2. The quantitative estimate of drug-likeness (QED) is 0.859. The highest BCUT2D eigenvalue weighted by Gasteiger charge is 2.24. The second-order valence-corrected chi connectivity index (χ2v) is 4.75. The SMILES string of the molecule is CCN1CCCC1CN(C)c1ccc(N)nc1. The molecule has 1 aliphatic heterocycles. The van der Waals surface area contributed by atoms with Crippen LogP contribution < -0.4 is 10.6 Å². The third kappa shape index (κ3) is 2.88. The number of rotatable bonds is 4. The van der Waals surface area contributed by atoms with E-state index in [0.717, 1.165) is 18.8 Å². The van der Waals surface area contributed by atoms with Crippen LogP contribution in [0.25, 0.3) is 0 Å². The third-order valence-electron chi connectivity index (χ3n) is 3.60. The fourth-order valence-electron chi connectivity index (χ4n) is 2.56. The fraction of sp³-hybridized carbons (Fsp3) is 0.615. The van der Waals surface area contributed by atoms with Gasteiger partial charge < -0.3 is 10.6 Å². The molecular formula is C13H22N4. The van der Waals surface area contributed by atoms with E-state index in [2.05, 4.69) is 28.8 Å². The first-order chi connectivity index (χ1) is 8.20. The third-order valence-corrected chi connectivity index (χ3v) is 3.60. The van der Waals surface area contributed by atoms with Gasteiger partial charge in [-0.15, -0.1) is 0 Å². The van der Waals surface area contributed by atoms with Crippen LogP contribution in [-0.2, 0) is 0 Å². The van der Waals surface area contributed by atoms with Crippen molar-refractivity contribution in [1.29, 1.82) is 0 Å². The van der Waals surface area contributed by atoms with Gasteiger partial charge in [-0.1, -0.05) is 6.92 Å². The van der Waals surface area contributed by atoms with Crippen LogP contribution in [-0.4, -0.2) is 42.6 Å². The number of aromatic nitrogens is 1. The predicted molar refractivity (Wildman–Crippen MR) is 72.2 cm³/mol. The Balaban J connectivity index is 1.96. The van der Waals surface area contributed by atoms with E-state index in [0.29, 0.717) is 11.9 Å². The van der Waals surface area contributed by atoms with Crippen molar-refractivity contribution in [2.45, 2.75) is 25.8 Å². The number of nitrogen functional groups attached to an aromatic ring is 1. The Labute approximate surface area is 103 Å². The smallest absolute Gasteiger partial charge is 0.123 e. The van der Waals surface area contributed by atoms with Gasteiger partial charge in [-0.25, -0.2) is 4.98 Å². The minimum Gasteiger partial charge on any atom is -0.384 e. The van der Waals surface area contributed by atoms with E-state index in [1.54, 1.807) is 0 Å². The van der Waals surface area contributed by atoms with Crippen LogP contribution in [0.2, 0.25) is 0 Å². The molecule has 0 bridgehead atoms. The van der Waals surface area contributed by atoms with E-state index < -0.39 is 0 Å². The van der Waals surface area contributed by atoms with Gasteiger partial charge in [-0.05, 0) is 38.1 Å². The minimum atomic E-state index is 0.582. The maximum absolute atomic E-state index is 5.60. The van der Waals surface area contributed by atoms with Crippen molar-refractivity contribution < 1.29 is 0 Å². The maximum Gasteiger partial charge on any atom is 0.123 e. The molecule has 1 aromatic heterocycles. The summed E-state index contributed by atoms with van der Waals surface area (Å²) in [6.07, 6.45) is 4.48. The molecule has 2 N–H and O–H groups in total. The molecule has 1 atom stereocenters. The van der Waals surface area contributed by atoms with Crippen molar-refractivity contribution in [3.8, 4) is 0 Å². The van der Waals surface area contributed by atoms with Crippen molar-refractivity contribution in [2.75, 3.05) is 37.3 Å². The lowest BCUT2D eigenvalue weighted by Gasteiger charge is -2.28. The summed E-state index contributed by atoms with van der Waals surface area (Å²) in [6, 6.07) is 4.58. The van der Waals surface area contributed by atoms with E-state index in [-0.39, 0.29) is 0 Å². The van der Waals surface area contributed by atoms with Gasteiger partial charge in [0.2, 0.25) is 0 Å². The van der Waals surface area contributed by atoms with Gasteiger partial charge in [0.1, 0.15) is 5.82 Å². The standard InChI is InChI=1S/C13H22N4/c1-3-17-8-4-5-12(17)10-16(2)11-6-7-13(14)15-9-11/h6-7,9,12H,3-5,8,10H2,1-2H3,(H2,14,15). The summed E-state index contributed by atoms with van der Waals surface area (Å²) in [5, 5.41) is 0. The Bertz CT molecular complexity index is 349. The molecule has 1 aromatic rings. The van der Waals surface area contributed by atoms with Crippen LogP contribution in [0.1, 0.15) is 19.8 Å². The highest BCUT2D eigenvalue weighted by atomic mass is 15.2.